The van der Waals surface area contributed by atoms with Crippen LogP contribution >= 0.6 is 0 Å². The number of hydrogen-bond donors (Lipinski definition) is 1. The predicted molar refractivity (Wildman–Crippen MR) is 80.8 cm³/mol. The summed E-state index contributed by atoms with van der Waals surface area (Å²) in [6.45, 7) is 2.16. The first-order chi connectivity index (χ1) is 9.75. The molecule has 3 rings (SSSR count). The second-order valence-corrected chi connectivity index (χ2v) is 5.49. The van der Waals surface area contributed by atoms with Crippen molar-refractivity contribution in [3.63, 3.8) is 0 Å². The Hall–Kier alpha value is -1.81. The predicted octanol–water partition coefficient (Wildman–Crippen LogP) is 2.40. The maximum Gasteiger partial charge on any atom is 0.259 e. The molecule has 4 nitrogen and oxygen atoms in total. The van der Waals surface area contributed by atoms with Gasteiger partial charge in [0, 0.05) is 25.1 Å². The maximum absolute atomic E-state index is 12.4. The molecule has 2 aromatic rings. The van der Waals surface area contributed by atoms with Gasteiger partial charge in [0.2, 0.25) is 0 Å². The Morgan fingerprint density at radius 3 is 2.90 bits per heavy atom. The summed E-state index contributed by atoms with van der Waals surface area (Å²) in [7, 11) is 0. The highest BCUT2D eigenvalue weighted by molar-refractivity contribution is 5.83. The van der Waals surface area contributed by atoms with Crippen molar-refractivity contribution < 1.29 is 4.74 Å². The molecule has 0 radical (unpaired) electrons. The van der Waals surface area contributed by atoms with Crippen LogP contribution in [0.25, 0.3) is 10.8 Å². The first-order valence-electron chi connectivity index (χ1n) is 7.21. The number of ether oxygens (including phenoxy) is 1. The zero-order valence-electron chi connectivity index (χ0n) is 11.5. The highest BCUT2D eigenvalue weighted by atomic mass is 16.5. The van der Waals surface area contributed by atoms with Crippen molar-refractivity contribution in [3.05, 3.63) is 40.7 Å². The third-order valence-corrected chi connectivity index (χ3v) is 3.77. The van der Waals surface area contributed by atoms with Crippen LogP contribution in [0.1, 0.15) is 19.3 Å². The second-order valence-electron chi connectivity index (χ2n) is 5.49. The van der Waals surface area contributed by atoms with Gasteiger partial charge in [-0.1, -0.05) is 18.2 Å². The van der Waals surface area contributed by atoms with Crippen LogP contribution in [0, 0.1) is 5.92 Å². The van der Waals surface area contributed by atoms with E-state index in [-0.39, 0.29) is 5.56 Å². The van der Waals surface area contributed by atoms with Gasteiger partial charge >= 0.3 is 0 Å². The number of benzene rings is 1. The van der Waals surface area contributed by atoms with Crippen LogP contribution in [0.2, 0.25) is 0 Å². The van der Waals surface area contributed by atoms with E-state index in [0.717, 1.165) is 29.7 Å². The summed E-state index contributed by atoms with van der Waals surface area (Å²) in [4.78, 5) is 12.4. The molecular weight excluding hydrogens is 252 g/mol. The van der Waals surface area contributed by atoms with E-state index in [1.165, 1.54) is 12.8 Å². The lowest BCUT2D eigenvalue weighted by Gasteiger charge is -2.11. The van der Waals surface area contributed by atoms with Gasteiger partial charge in [-0.05, 0) is 42.7 Å². The lowest BCUT2D eigenvalue weighted by atomic mass is 10.1. The van der Waals surface area contributed by atoms with Gasteiger partial charge in [-0.2, -0.15) is 0 Å². The number of hydrogen-bond acceptors (Lipinski definition) is 3. The number of rotatable bonds is 6. The van der Waals surface area contributed by atoms with Crippen molar-refractivity contribution in [1.29, 1.82) is 0 Å². The highest BCUT2D eigenvalue weighted by Crippen LogP contribution is 2.28. The Balaban J connectivity index is 1.68. The molecular formula is C16H20N2O2. The molecule has 0 spiro atoms. The zero-order valence-corrected chi connectivity index (χ0v) is 11.5. The largest absolute Gasteiger partial charge is 0.385 e. The number of nitrogen functional groups attached to an aromatic ring is 1. The summed E-state index contributed by atoms with van der Waals surface area (Å²) < 4.78 is 7.23. The summed E-state index contributed by atoms with van der Waals surface area (Å²) in [5, 5.41) is 1.62. The molecule has 1 saturated carbocycles. The third-order valence-electron chi connectivity index (χ3n) is 3.77. The molecule has 1 aliphatic rings. The molecule has 0 bridgehead atoms. The highest BCUT2D eigenvalue weighted by Gasteiger charge is 2.20. The lowest BCUT2D eigenvalue weighted by molar-refractivity contribution is 0.119. The molecule has 2 N–H and O–H groups in total. The lowest BCUT2D eigenvalue weighted by Crippen LogP contribution is -2.23. The Morgan fingerprint density at radius 2 is 2.10 bits per heavy atom. The van der Waals surface area contributed by atoms with Gasteiger partial charge in [-0.3, -0.25) is 9.36 Å². The Morgan fingerprint density at radius 1 is 1.30 bits per heavy atom. The monoisotopic (exact) mass is 272 g/mol. The van der Waals surface area contributed by atoms with E-state index >= 15 is 0 Å². The molecule has 4 heteroatoms. The standard InChI is InChI=1S/C16H20N2O2/c17-15-10-13-4-1-2-5-14(13)16(19)18(15)8-3-9-20-11-12-6-7-12/h1-2,4-5,10,12H,3,6-9,11,17H2. The number of anilines is 1. The molecule has 0 saturated heterocycles. The van der Waals surface area contributed by atoms with Crippen molar-refractivity contribution in [2.45, 2.75) is 25.8 Å². The average Bonchev–Trinajstić information content (AvgIpc) is 3.26. The molecule has 0 unspecified atom stereocenters. The topological polar surface area (TPSA) is 57.2 Å². The van der Waals surface area contributed by atoms with Crippen LogP contribution in [0.5, 0.6) is 0 Å². The first kappa shape index (κ1) is 13.2. The number of aromatic nitrogens is 1. The number of nitrogens with two attached hydrogens (primary N) is 1. The van der Waals surface area contributed by atoms with Crippen molar-refractivity contribution >= 4 is 16.6 Å². The first-order valence-corrected chi connectivity index (χ1v) is 7.21. The maximum atomic E-state index is 12.4. The fraction of sp³-hybridized carbons (Fsp3) is 0.438. The normalized spacial score (nSPS) is 14.8. The number of nitrogens with zero attached hydrogens (tertiary/aromatic N) is 1. The third kappa shape index (κ3) is 2.85. The van der Waals surface area contributed by atoms with E-state index in [1.54, 1.807) is 4.57 Å². The Labute approximate surface area is 118 Å². The summed E-state index contributed by atoms with van der Waals surface area (Å²) in [5.74, 6) is 1.30. The van der Waals surface area contributed by atoms with E-state index < -0.39 is 0 Å². The van der Waals surface area contributed by atoms with Crippen LogP contribution < -0.4 is 11.3 Å². The van der Waals surface area contributed by atoms with Crippen molar-refractivity contribution in [3.8, 4) is 0 Å². The average molecular weight is 272 g/mol. The molecule has 20 heavy (non-hydrogen) atoms. The molecule has 0 amide bonds. The van der Waals surface area contributed by atoms with Gasteiger partial charge < -0.3 is 10.5 Å². The molecule has 0 atom stereocenters. The smallest absolute Gasteiger partial charge is 0.259 e. The minimum absolute atomic E-state index is 0.0113. The van der Waals surface area contributed by atoms with Crippen LogP contribution in [0.4, 0.5) is 5.82 Å². The summed E-state index contributed by atoms with van der Waals surface area (Å²) in [5.41, 5.74) is 5.97. The quantitative estimate of drug-likeness (QED) is 0.821. The Kier molecular flexibility index (Phi) is 3.74. The van der Waals surface area contributed by atoms with Crippen LogP contribution in [-0.4, -0.2) is 17.8 Å². The molecule has 1 heterocycles. The van der Waals surface area contributed by atoms with Gasteiger partial charge in [-0.25, -0.2) is 0 Å². The van der Waals surface area contributed by atoms with Gasteiger partial charge in [0.1, 0.15) is 5.82 Å². The second kappa shape index (κ2) is 5.67. The van der Waals surface area contributed by atoms with Crippen molar-refractivity contribution in [1.82, 2.24) is 4.57 Å². The number of pyridine rings is 1. The zero-order chi connectivity index (χ0) is 13.9. The van der Waals surface area contributed by atoms with Gasteiger partial charge in [0.25, 0.3) is 5.56 Å². The van der Waals surface area contributed by atoms with Crippen LogP contribution in [0.15, 0.2) is 35.1 Å². The minimum Gasteiger partial charge on any atom is -0.385 e. The fourth-order valence-electron chi connectivity index (χ4n) is 2.41. The van der Waals surface area contributed by atoms with Gasteiger partial charge in [-0.15, -0.1) is 0 Å². The van der Waals surface area contributed by atoms with Crippen molar-refractivity contribution in [2.24, 2.45) is 5.92 Å². The van der Waals surface area contributed by atoms with E-state index in [2.05, 4.69) is 0 Å². The molecule has 1 aromatic heterocycles. The van der Waals surface area contributed by atoms with E-state index in [1.807, 2.05) is 30.3 Å². The summed E-state index contributed by atoms with van der Waals surface area (Å²) in [6.07, 6.45) is 3.42. The molecule has 1 aromatic carbocycles. The van der Waals surface area contributed by atoms with Crippen LogP contribution in [-0.2, 0) is 11.3 Å². The summed E-state index contributed by atoms with van der Waals surface area (Å²) >= 11 is 0. The van der Waals surface area contributed by atoms with Gasteiger partial charge in [0.05, 0.1) is 0 Å². The SMILES string of the molecule is Nc1cc2ccccc2c(=O)n1CCCOCC1CC1. The van der Waals surface area contributed by atoms with E-state index in [4.69, 9.17) is 10.5 Å². The van der Waals surface area contributed by atoms with Crippen molar-refractivity contribution in [2.75, 3.05) is 18.9 Å². The fourth-order valence-corrected chi connectivity index (χ4v) is 2.41. The molecule has 0 aliphatic heterocycles. The molecule has 1 aliphatic carbocycles. The number of fused-ring (bicyclic) bond motifs is 1. The molecule has 106 valence electrons. The molecule has 1 fully saturated rings. The van der Waals surface area contributed by atoms with E-state index in [9.17, 15) is 4.79 Å². The minimum atomic E-state index is -0.0113. The summed E-state index contributed by atoms with van der Waals surface area (Å²) in [6, 6.07) is 9.41. The van der Waals surface area contributed by atoms with Crippen LogP contribution in [0.3, 0.4) is 0 Å². The van der Waals surface area contributed by atoms with E-state index in [0.29, 0.717) is 19.0 Å². The van der Waals surface area contributed by atoms with Gasteiger partial charge in [0.15, 0.2) is 0 Å². The Bertz CT molecular complexity index is 659.